The van der Waals surface area contributed by atoms with Crippen LogP contribution >= 0.6 is 0 Å². The van der Waals surface area contributed by atoms with Gasteiger partial charge in [-0.15, -0.1) is 0 Å². The van der Waals surface area contributed by atoms with Crippen molar-refractivity contribution in [3.63, 3.8) is 0 Å². The first kappa shape index (κ1) is 23.9. The summed E-state index contributed by atoms with van der Waals surface area (Å²) in [5.41, 5.74) is 3.52. The molecule has 0 aliphatic heterocycles. The molecule has 2 N–H and O–H groups in total. The number of carbonyl (C=O) groups excluding carboxylic acids is 2. The van der Waals surface area contributed by atoms with Crippen LogP contribution in [-0.2, 0) is 6.42 Å². The summed E-state index contributed by atoms with van der Waals surface area (Å²) in [5, 5.41) is 3.10. The van der Waals surface area contributed by atoms with Crippen LogP contribution in [-0.4, -0.2) is 32.7 Å². The number of aromatic nitrogens is 3. The zero-order valence-corrected chi connectivity index (χ0v) is 20.3. The van der Waals surface area contributed by atoms with Gasteiger partial charge in [0.15, 0.2) is 5.82 Å². The highest BCUT2D eigenvalue weighted by Gasteiger charge is 2.19. The van der Waals surface area contributed by atoms with E-state index in [0.29, 0.717) is 16.9 Å². The summed E-state index contributed by atoms with van der Waals surface area (Å²) in [4.78, 5) is 37.7. The molecule has 5 rings (SSSR count). The number of carbonyl (C=O) groups is 2. The van der Waals surface area contributed by atoms with Crippen molar-refractivity contribution < 1.29 is 14.3 Å². The lowest BCUT2D eigenvalue weighted by molar-refractivity contribution is 0.0932. The van der Waals surface area contributed by atoms with E-state index in [1.54, 1.807) is 42.6 Å². The van der Waals surface area contributed by atoms with E-state index < -0.39 is 0 Å². The Hall–Kier alpha value is -4.78. The second kappa shape index (κ2) is 10.9. The third-order valence-electron chi connectivity index (χ3n) is 6.10. The minimum absolute atomic E-state index is 0.0218. The van der Waals surface area contributed by atoms with Crippen molar-refractivity contribution in [3.8, 4) is 11.6 Å². The smallest absolute Gasteiger partial charge is 0.257 e. The minimum Gasteiger partial charge on any atom is -0.438 e. The Morgan fingerprint density at radius 2 is 1.68 bits per heavy atom. The Labute approximate surface area is 214 Å². The molecule has 0 bridgehead atoms. The first-order valence-electron chi connectivity index (χ1n) is 12.2. The number of nitrogens with one attached hydrogen (secondary N) is 2. The van der Waals surface area contributed by atoms with Gasteiger partial charge in [-0.25, -0.2) is 9.97 Å². The van der Waals surface area contributed by atoms with E-state index in [2.05, 4.69) is 32.4 Å². The van der Waals surface area contributed by atoms with Gasteiger partial charge in [-0.1, -0.05) is 49.4 Å². The van der Waals surface area contributed by atoms with Crippen molar-refractivity contribution in [1.29, 1.82) is 0 Å². The first-order chi connectivity index (χ1) is 18.1. The van der Waals surface area contributed by atoms with Crippen molar-refractivity contribution in [2.45, 2.75) is 25.8 Å². The Balaban J connectivity index is 1.28. The second-order valence-corrected chi connectivity index (χ2v) is 8.68. The molecule has 1 atom stereocenters. The molecule has 7 nitrogen and oxygen atoms in total. The molecule has 0 unspecified atom stereocenters. The average Bonchev–Trinajstić information content (AvgIpc) is 3.38. The van der Waals surface area contributed by atoms with Crippen molar-refractivity contribution in [2.24, 2.45) is 0 Å². The summed E-state index contributed by atoms with van der Waals surface area (Å²) in [6.07, 6.45) is 3.10. The molecule has 0 spiro atoms. The number of hydrogen-bond acceptors (Lipinski definition) is 5. The standard InChI is InChI=1S/C30H26N4O3/c1-2-22(19-20-9-4-3-5-10-20)32-29(36)24-11-8-18-31-30(24)37-23-16-14-21(15-17-23)27(35)28-33-25-12-6-7-13-26(25)34-28/h3-18,22H,2,19H2,1H3,(H,32,36)(H,33,34)/t22-/m0/s1. The largest absolute Gasteiger partial charge is 0.438 e. The van der Waals surface area contributed by atoms with Crippen LogP contribution in [0.2, 0.25) is 0 Å². The van der Waals surface area contributed by atoms with E-state index in [-0.39, 0.29) is 29.4 Å². The number of amides is 1. The van der Waals surface area contributed by atoms with Gasteiger partial charge in [0.25, 0.3) is 5.91 Å². The van der Waals surface area contributed by atoms with Gasteiger partial charge >= 0.3 is 0 Å². The number of para-hydroxylation sites is 2. The van der Waals surface area contributed by atoms with Crippen LogP contribution in [0, 0.1) is 0 Å². The number of ether oxygens (including phenoxy) is 1. The molecule has 2 aromatic heterocycles. The second-order valence-electron chi connectivity index (χ2n) is 8.68. The number of pyridine rings is 1. The molecule has 2 heterocycles. The number of imidazole rings is 1. The van der Waals surface area contributed by atoms with Crippen LogP contribution in [0.1, 0.15) is 45.4 Å². The molecule has 37 heavy (non-hydrogen) atoms. The van der Waals surface area contributed by atoms with Gasteiger partial charge in [0.1, 0.15) is 11.3 Å². The minimum atomic E-state index is -0.248. The van der Waals surface area contributed by atoms with Crippen LogP contribution in [0.5, 0.6) is 11.6 Å². The number of nitrogens with zero attached hydrogens (tertiary/aromatic N) is 2. The predicted molar refractivity (Wildman–Crippen MR) is 142 cm³/mol. The summed E-state index contributed by atoms with van der Waals surface area (Å²) in [7, 11) is 0. The molecule has 5 aromatic rings. The number of H-pyrrole nitrogens is 1. The van der Waals surface area contributed by atoms with Crippen LogP contribution in [0.25, 0.3) is 11.0 Å². The van der Waals surface area contributed by atoms with Gasteiger partial charge in [-0.3, -0.25) is 9.59 Å². The van der Waals surface area contributed by atoms with Crippen LogP contribution in [0.3, 0.4) is 0 Å². The molecule has 0 fully saturated rings. The summed E-state index contributed by atoms with van der Waals surface area (Å²) < 4.78 is 5.95. The molecule has 3 aromatic carbocycles. The molecule has 0 saturated carbocycles. The maximum Gasteiger partial charge on any atom is 0.257 e. The third kappa shape index (κ3) is 5.56. The molecule has 184 valence electrons. The molecule has 0 aliphatic carbocycles. The Bertz CT molecular complexity index is 1490. The quantitative estimate of drug-likeness (QED) is 0.257. The van der Waals surface area contributed by atoms with Gasteiger partial charge in [-0.05, 0) is 66.9 Å². The first-order valence-corrected chi connectivity index (χ1v) is 12.2. The molecular formula is C30H26N4O3. The number of fused-ring (bicyclic) bond motifs is 1. The van der Waals surface area contributed by atoms with Crippen LogP contribution in [0.15, 0.2) is 97.2 Å². The molecule has 7 heteroatoms. The van der Waals surface area contributed by atoms with Gasteiger partial charge < -0.3 is 15.0 Å². The highest BCUT2D eigenvalue weighted by atomic mass is 16.5. The number of rotatable bonds is 9. The maximum absolute atomic E-state index is 13.1. The Morgan fingerprint density at radius 3 is 2.43 bits per heavy atom. The Kier molecular flexibility index (Phi) is 7.03. The van der Waals surface area contributed by atoms with E-state index >= 15 is 0 Å². The summed E-state index contributed by atoms with van der Waals surface area (Å²) in [6.45, 7) is 2.04. The maximum atomic E-state index is 13.1. The third-order valence-corrected chi connectivity index (χ3v) is 6.10. The van der Waals surface area contributed by atoms with E-state index in [9.17, 15) is 9.59 Å². The van der Waals surface area contributed by atoms with Gasteiger partial charge in [-0.2, -0.15) is 0 Å². The normalized spacial score (nSPS) is 11.7. The number of benzene rings is 3. The molecule has 1 amide bonds. The topological polar surface area (TPSA) is 97.0 Å². The molecule has 0 saturated heterocycles. The van der Waals surface area contributed by atoms with E-state index in [4.69, 9.17) is 4.74 Å². The van der Waals surface area contributed by atoms with E-state index in [1.165, 1.54) is 0 Å². The summed E-state index contributed by atoms with van der Waals surface area (Å²) in [6, 6.07) is 27.6. The fraction of sp³-hybridized carbons (Fsp3) is 0.133. The zero-order chi connectivity index (χ0) is 25.6. The molecule has 0 radical (unpaired) electrons. The summed E-state index contributed by atoms with van der Waals surface area (Å²) >= 11 is 0. The Morgan fingerprint density at radius 1 is 0.919 bits per heavy atom. The van der Waals surface area contributed by atoms with E-state index in [0.717, 1.165) is 29.4 Å². The SMILES string of the molecule is CC[C@@H](Cc1ccccc1)NC(=O)c1cccnc1Oc1ccc(C(=O)c2nc3ccccc3[nH]2)cc1. The number of hydrogen-bond donors (Lipinski definition) is 2. The van der Waals surface area contributed by atoms with Crippen molar-refractivity contribution in [2.75, 3.05) is 0 Å². The van der Waals surface area contributed by atoms with Gasteiger partial charge in [0.05, 0.1) is 11.0 Å². The summed E-state index contributed by atoms with van der Waals surface area (Å²) in [5.74, 6) is 0.475. The van der Waals surface area contributed by atoms with E-state index in [1.807, 2.05) is 49.4 Å². The van der Waals surface area contributed by atoms with Crippen LogP contribution < -0.4 is 10.1 Å². The van der Waals surface area contributed by atoms with Crippen molar-refractivity contribution in [1.82, 2.24) is 20.3 Å². The van der Waals surface area contributed by atoms with Crippen LogP contribution in [0.4, 0.5) is 0 Å². The lowest BCUT2D eigenvalue weighted by atomic mass is 10.0. The lowest BCUT2D eigenvalue weighted by Gasteiger charge is -2.18. The molecule has 0 aliphatic rings. The van der Waals surface area contributed by atoms with Gasteiger partial charge in [0.2, 0.25) is 11.7 Å². The zero-order valence-electron chi connectivity index (χ0n) is 20.3. The lowest BCUT2D eigenvalue weighted by Crippen LogP contribution is -2.36. The van der Waals surface area contributed by atoms with Crippen molar-refractivity contribution in [3.05, 3.63) is 120 Å². The fourth-order valence-corrected chi connectivity index (χ4v) is 4.09. The van der Waals surface area contributed by atoms with Crippen molar-refractivity contribution >= 4 is 22.7 Å². The highest BCUT2D eigenvalue weighted by molar-refractivity contribution is 6.08. The number of aromatic amines is 1. The van der Waals surface area contributed by atoms with Gasteiger partial charge in [0, 0.05) is 17.8 Å². The highest BCUT2D eigenvalue weighted by Crippen LogP contribution is 2.24. The monoisotopic (exact) mass is 490 g/mol. The predicted octanol–water partition coefficient (Wildman–Crippen LogP) is 5.73. The molecular weight excluding hydrogens is 464 g/mol. The average molecular weight is 491 g/mol. The number of ketones is 1. The fourth-order valence-electron chi connectivity index (χ4n) is 4.09.